The van der Waals surface area contributed by atoms with Crippen LogP contribution in [0.25, 0.3) is 10.8 Å². The lowest BCUT2D eigenvalue weighted by molar-refractivity contribution is 0.142. The van der Waals surface area contributed by atoms with E-state index in [1.54, 1.807) is 0 Å². The van der Waals surface area contributed by atoms with Crippen molar-refractivity contribution in [1.82, 2.24) is 0 Å². The Morgan fingerprint density at radius 3 is 1.50 bits per heavy atom. The van der Waals surface area contributed by atoms with Gasteiger partial charge in [-0.05, 0) is 52.9 Å². The van der Waals surface area contributed by atoms with Crippen LogP contribution in [-0.2, 0) is 4.43 Å². The number of benzene rings is 2. The molecular weight excluding hydrogens is 423 g/mol. The average Bonchev–Trinajstić information content (AvgIpc) is 2.45. The molecule has 0 aliphatic rings. The van der Waals surface area contributed by atoms with E-state index in [0.717, 1.165) is 0 Å². The molecule has 0 fully saturated rings. The highest BCUT2D eigenvalue weighted by atomic mass is 127. The fourth-order valence-electron chi connectivity index (χ4n) is 2.13. The average molecular weight is 454 g/mol. The maximum atomic E-state index is 6.28. The van der Waals surface area contributed by atoms with Crippen molar-refractivity contribution >= 4 is 41.7 Å². The van der Waals surface area contributed by atoms with Gasteiger partial charge in [0.25, 0.3) is 0 Å². The van der Waals surface area contributed by atoms with Crippen LogP contribution in [0.3, 0.4) is 0 Å². The third kappa shape index (κ3) is 6.69. The zero-order valence-electron chi connectivity index (χ0n) is 16.1. The van der Waals surface area contributed by atoms with Crippen molar-refractivity contribution < 1.29 is 4.43 Å². The lowest BCUT2D eigenvalue weighted by Crippen LogP contribution is -2.46. The molecule has 2 aromatic carbocycles. The van der Waals surface area contributed by atoms with E-state index in [0.29, 0.717) is 0 Å². The summed E-state index contributed by atoms with van der Waals surface area (Å²) in [7, 11) is -1.63. The largest absolute Gasteiger partial charge is 0.409 e. The second kappa shape index (κ2) is 8.63. The molecule has 2 rings (SSSR count). The summed E-state index contributed by atoms with van der Waals surface area (Å²) in [6, 6.07) is 16.7. The van der Waals surface area contributed by atoms with Gasteiger partial charge in [-0.2, -0.15) is 0 Å². The number of hydrogen-bond donors (Lipinski definition) is 0. The maximum Gasteiger partial charge on any atom is 0.193 e. The molecule has 0 aromatic heterocycles. The third-order valence-electron chi connectivity index (χ3n) is 4.45. The van der Waals surface area contributed by atoms with E-state index in [9.17, 15) is 0 Å². The Morgan fingerprint density at radius 2 is 1.21 bits per heavy atom. The lowest BCUT2D eigenvalue weighted by atomic mass is 10.1. The van der Waals surface area contributed by atoms with Crippen molar-refractivity contribution in [3.8, 4) is 0 Å². The molecule has 3 heteroatoms. The van der Waals surface area contributed by atoms with Crippen LogP contribution in [0, 0.1) is 0 Å². The van der Waals surface area contributed by atoms with Gasteiger partial charge < -0.3 is 4.43 Å². The van der Waals surface area contributed by atoms with Gasteiger partial charge in [0.1, 0.15) is 0 Å². The number of hydrogen-bond acceptors (Lipinski definition) is 1. The Balaban J connectivity index is 0.000000250. The van der Waals surface area contributed by atoms with Crippen molar-refractivity contribution in [2.24, 2.45) is 0 Å². The van der Waals surface area contributed by atoms with Crippen molar-refractivity contribution in [3.05, 3.63) is 58.7 Å². The molecule has 0 N–H and O–H groups in total. The number of rotatable bonds is 3. The first-order chi connectivity index (χ1) is 11.0. The van der Waals surface area contributed by atoms with Gasteiger partial charge in [0, 0.05) is 0 Å². The Kier molecular flexibility index (Phi) is 7.69. The SMILES string of the molecule is CC(C)(C=CI)O[Si](C)(C)C(C)(C)C.c1ccc2ccccc2c1. The van der Waals surface area contributed by atoms with Gasteiger partial charge in [-0.25, -0.2) is 0 Å². The van der Waals surface area contributed by atoms with Gasteiger partial charge in [-0.1, -0.05) is 91.9 Å². The van der Waals surface area contributed by atoms with E-state index < -0.39 is 8.32 Å². The van der Waals surface area contributed by atoms with Crippen LogP contribution in [0.15, 0.2) is 58.7 Å². The van der Waals surface area contributed by atoms with Gasteiger partial charge in [0.05, 0.1) is 5.60 Å². The molecule has 0 bridgehead atoms. The lowest BCUT2D eigenvalue weighted by Gasteiger charge is -2.41. The molecule has 24 heavy (non-hydrogen) atoms. The van der Waals surface area contributed by atoms with Crippen LogP contribution in [0.4, 0.5) is 0 Å². The van der Waals surface area contributed by atoms with Gasteiger partial charge in [0.2, 0.25) is 0 Å². The molecule has 1 nitrogen and oxygen atoms in total. The fourth-order valence-corrected chi connectivity index (χ4v) is 4.68. The minimum absolute atomic E-state index is 0.135. The van der Waals surface area contributed by atoms with Crippen molar-refractivity contribution in [2.75, 3.05) is 0 Å². The van der Waals surface area contributed by atoms with Gasteiger partial charge in [0.15, 0.2) is 8.32 Å². The molecule has 132 valence electrons. The summed E-state index contributed by atoms with van der Waals surface area (Å²) in [6.45, 7) is 15.6. The second-order valence-corrected chi connectivity index (χ2v) is 13.5. The molecule has 0 amide bonds. The molecule has 0 radical (unpaired) electrons. The molecule has 0 aliphatic carbocycles. The van der Waals surface area contributed by atoms with E-state index in [4.69, 9.17) is 4.43 Å². The van der Waals surface area contributed by atoms with E-state index in [1.165, 1.54) is 10.8 Å². The maximum absolute atomic E-state index is 6.28. The van der Waals surface area contributed by atoms with Crippen molar-refractivity contribution in [3.63, 3.8) is 0 Å². The summed E-state index contributed by atoms with van der Waals surface area (Å²) in [5.41, 5.74) is -0.135. The Morgan fingerprint density at radius 1 is 0.833 bits per heavy atom. The summed E-state index contributed by atoms with van der Waals surface area (Å²) < 4.78 is 8.31. The molecular formula is C21H31IOSi. The zero-order valence-corrected chi connectivity index (χ0v) is 19.2. The first-order valence-corrected chi connectivity index (χ1v) is 12.6. The Labute approximate surface area is 162 Å². The second-order valence-electron chi connectivity index (χ2n) is 8.11. The van der Waals surface area contributed by atoms with Crippen molar-refractivity contribution in [2.45, 2.75) is 58.4 Å². The molecule has 0 heterocycles. The van der Waals surface area contributed by atoms with E-state index >= 15 is 0 Å². The summed E-state index contributed by atoms with van der Waals surface area (Å²) in [5.74, 6) is 0. The van der Waals surface area contributed by atoms with Crippen molar-refractivity contribution in [1.29, 1.82) is 0 Å². The van der Waals surface area contributed by atoms with Gasteiger partial charge in [-0.15, -0.1) is 0 Å². The first-order valence-electron chi connectivity index (χ1n) is 8.40. The van der Waals surface area contributed by atoms with E-state index in [1.807, 2.05) is 4.08 Å². The number of halogens is 1. The topological polar surface area (TPSA) is 9.23 Å². The summed E-state index contributed by atoms with van der Waals surface area (Å²) in [4.78, 5) is 0. The minimum Gasteiger partial charge on any atom is -0.409 e. The monoisotopic (exact) mass is 454 g/mol. The molecule has 0 saturated heterocycles. The smallest absolute Gasteiger partial charge is 0.193 e. The van der Waals surface area contributed by atoms with Crippen LogP contribution < -0.4 is 0 Å². The zero-order chi connectivity index (χ0) is 18.4. The van der Waals surface area contributed by atoms with Crippen LogP contribution in [0.2, 0.25) is 18.1 Å². The third-order valence-corrected chi connectivity index (χ3v) is 9.46. The molecule has 0 unspecified atom stereocenters. The predicted octanol–water partition coefficient (Wildman–Crippen LogP) is 7.58. The Hall–Kier alpha value is -0.653. The van der Waals surface area contributed by atoms with Crippen LogP contribution >= 0.6 is 22.6 Å². The normalized spacial score (nSPS) is 13.0. The van der Waals surface area contributed by atoms with E-state index in [-0.39, 0.29) is 10.6 Å². The highest BCUT2D eigenvalue weighted by molar-refractivity contribution is 14.1. The van der Waals surface area contributed by atoms with Gasteiger partial charge in [-0.3, -0.25) is 0 Å². The minimum atomic E-state index is -1.63. The standard InChI is InChI=1S/C11H23IOSi.C10H8/c1-10(2,3)14(6,7)13-11(4,5)8-9-12;1-2-6-10-8-4-3-7-9(10)5-1/h8-9H,1-7H3;1-8H. The van der Waals surface area contributed by atoms with Gasteiger partial charge >= 0.3 is 0 Å². The first kappa shape index (κ1) is 21.4. The van der Waals surface area contributed by atoms with E-state index in [2.05, 4.69) is 125 Å². The van der Waals surface area contributed by atoms with Crippen LogP contribution in [0.5, 0.6) is 0 Å². The Bertz CT molecular complexity index is 603. The predicted molar refractivity (Wildman–Crippen MR) is 119 cm³/mol. The molecule has 2 aromatic rings. The van der Waals surface area contributed by atoms with Crippen LogP contribution in [-0.4, -0.2) is 13.9 Å². The molecule has 0 saturated carbocycles. The summed E-state index contributed by atoms with van der Waals surface area (Å²) in [5, 5.41) is 2.90. The fraction of sp³-hybridized carbons (Fsp3) is 0.429. The molecule has 0 spiro atoms. The quantitative estimate of drug-likeness (QED) is 0.343. The molecule has 0 aliphatic heterocycles. The van der Waals surface area contributed by atoms with Crippen LogP contribution in [0.1, 0.15) is 34.6 Å². The number of fused-ring (bicyclic) bond motifs is 1. The highest BCUT2D eigenvalue weighted by Crippen LogP contribution is 2.39. The molecule has 0 atom stereocenters. The summed E-state index contributed by atoms with van der Waals surface area (Å²) in [6.07, 6.45) is 2.12. The highest BCUT2D eigenvalue weighted by Gasteiger charge is 2.40. The summed E-state index contributed by atoms with van der Waals surface area (Å²) >= 11 is 2.24.